The van der Waals surface area contributed by atoms with Crippen LogP contribution < -0.4 is 11.0 Å². The molecule has 2 aliphatic rings. The number of aryl methyl sites for hydroxylation is 1. The van der Waals surface area contributed by atoms with E-state index < -0.39 is 11.7 Å². The van der Waals surface area contributed by atoms with Gasteiger partial charge in [0, 0.05) is 11.7 Å². The SMILES string of the molecule is COC(=O)c1c(SCC(=O)N[C@@H](C)[C@H]2C[C@H]3CC[C@H]2C3)nc(=O)[nH]c1C. The first-order chi connectivity index (χ1) is 12.4. The summed E-state index contributed by atoms with van der Waals surface area (Å²) in [6, 6.07) is 0.146. The summed E-state index contributed by atoms with van der Waals surface area (Å²) in [6.07, 6.45) is 5.13. The fourth-order valence-electron chi connectivity index (χ4n) is 4.45. The van der Waals surface area contributed by atoms with Crippen LogP contribution in [0, 0.1) is 24.7 Å². The maximum Gasteiger partial charge on any atom is 0.346 e. The van der Waals surface area contributed by atoms with Crippen molar-refractivity contribution in [1.29, 1.82) is 0 Å². The van der Waals surface area contributed by atoms with Crippen LogP contribution in [0.1, 0.15) is 48.7 Å². The minimum Gasteiger partial charge on any atom is -0.465 e. The predicted molar refractivity (Wildman–Crippen MR) is 98.2 cm³/mol. The number of carbonyl (C=O) groups excluding carboxylic acids is 2. The number of methoxy groups -OCH3 is 1. The van der Waals surface area contributed by atoms with Gasteiger partial charge in [0.15, 0.2) is 0 Å². The van der Waals surface area contributed by atoms with Crippen LogP contribution in [0.2, 0.25) is 0 Å². The molecule has 4 atom stereocenters. The molecular weight excluding hydrogens is 354 g/mol. The zero-order valence-corrected chi connectivity index (χ0v) is 16.1. The summed E-state index contributed by atoms with van der Waals surface area (Å²) >= 11 is 1.08. The Morgan fingerprint density at radius 1 is 1.38 bits per heavy atom. The molecular formula is C18H25N3O4S. The molecule has 1 aromatic rings. The number of fused-ring (bicyclic) bond motifs is 2. The molecule has 3 rings (SSSR count). The van der Waals surface area contributed by atoms with E-state index in [4.69, 9.17) is 4.74 Å². The lowest BCUT2D eigenvalue weighted by atomic mass is 9.84. The third-order valence-electron chi connectivity index (χ3n) is 5.64. The molecule has 1 amide bonds. The maximum absolute atomic E-state index is 12.3. The van der Waals surface area contributed by atoms with Crippen molar-refractivity contribution < 1.29 is 14.3 Å². The number of rotatable bonds is 6. The van der Waals surface area contributed by atoms with E-state index in [-0.39, 0.29) is 28.3 Å². The monoisotopic (exact) mass is 379 g/mol. The molecule has 7 nitrogen and oxygen atoms in total. The van der Waals surface area contributed by atoms with Crippen LogP contribution in [0.15, 0.2) is 9.82 Å². The molecule has 26 heavy (non-hydrogen) atoms. The van der Waals surface area contributed by atoms with E-state index in [9.17, 15) is 14.4 Å². The summed E-state index contributed by atoms with van der Waals surface area (Å²) in [5.41, 5.74) is 0.0366. The topological polar surface area (TPSA) is 101 Å². The first kappa shape index (κ1) is 18.9. The van der Waals surface area contributed by atoms with Crippen LogP contribution in [0.5, 0.6) is 0 Å². The second-order valence-corrected chi connectivity index (χ2v) is 8.29. The second kappa shape index (κ2) is 7.82. The molecule has 0 unspecified atom stereocenters. The fraction of sp³-hybridized carbons (Fsp3) is 0.667. The predicted octanol–water partition coefficient (Wildman–Crippen LogP) is 1.90. The van der Waals surface area contributed by atoms with Gasteiger partial charge in [-0.1, -0.05) is 18.2 Å². The highest BCUT2D eigenvalue weighted by molar-refractivity contribution is 8.00. The summed E-state index contributed by atoms with van der Waals surface area (Å²) in [4.78, 5) is 42.2. The molecule has 2 saturated carbocycles. The summed E-state index contributed by atoms with van der Waals surface area (Å²) < 4.78 is 4.75. The normalized spacial score (nSPS) is 25.1. The largest absolute Gasteiger partial charge is 0.465 e. The van der Waals surface area contributed by atoms with Gasteiger partial charge in [-0.05, 0) is 50.9 Å². The number of aromatic nitrogens is 2. The zero-order valence-electron chi connectivity index (χ0n) is 15.3. The van der Waals surface area contributed by atoms with Crippen molar-refractivity contribution in [3.05, 3.63) is 21.7 Å². The van der Waals surface area contributed by atoms with Gasteiger partial charge in [-0.3, -0.25) is 4.79 Å². The van der Waals surface area contributed by atoms with Crippen LogP contribution in [-0.4, -0.2) is 40.7 Å². The van der Waals surface area contributed by atoms with Gasteiger partial charge in [-0.25, -0.2) is 9.59 Å². The summed E-state index contributed by atoms with van der Waals surface area (Å²) in [6.45, 7) is 3.68. The van der Waals surface area contributed by atoms with Crippen LogP contribution >= 0.6 is 11.8 Å². The Labute approximate surface area is 156 Å². The number of nitrogens with one attached hydrogen (secondary N) is 2. The molecule has 142 valence electrons. The van der Waals surface area contributed by atoms with Crippen molar-refractivity contribution in [1.82, 2.24) is 15.3 Å². The van der Waals surface area contributed by atoms with Gasteiger partial charge >= 0.3 is 11.7 Å². The average molecular weight is 379 g/mol. The first-order valence-electron chi connectivity index (χ1n) is 9.00. The van der Waals surface area contributed by atoms with Crippen LogP contribution in [-0.2, 0) is 9.53 Å². The molecule has 1 aromatic heterocycles. The Morgan fingerprint density at radius 3 is 2.77 bits per heavy atom. The van der Waals surface area contributed by atoms with Gasteiger partial charge in [0.1, 0.15) is 10.6 Å². The summed E-state index contributed by atoms with van der Waals surface area (Å²) in [5, 5.41) is 3.30. The molecule has 0 aromatic carbocycles. The highest BCUT2D eigenvalue weighted by Gasteiger charge is 2.42. The van der Waals surface area contributed by atoms with Gasteiger partial charge in [0.25, 0.3) is 0 Å². The minimum absolute atomic E-state index is 0.102. The number of carbonyl (C=O) groups is 2. The maximum atomic E-state index is 12.3. The van der Waals surface area contributed by atoms with Crippen LogP contribution in [0.3, 0.4) is 0 Å². The Bertz CT molecular complexity index is 763. The van der Waals surface area contributed by atoms with E-state index in [0.29, 0.717) is 11.6 Å². The van der Waals surface area contributed by atoms with Crippen LogP contribution in [0.25, 0.3) is 0 Å². The van der Waals surface area contributed by atoms with Crippen molar-refractivity contribution in [3.63, 3.8) is 0 Å². The molecule has 8 heteroatoms. The van der Waals surface area contributed by atoms with E-state index in [2.05, 4.69) is 22.2 Å². The number of esters is 1. The number of nitrogens with zero attached hydrogens (tertiary/aromatic N) is 1. The molecule has 0 spiro atoms. The Balaban J connectivity index is 1.61. The minimum atomic E-state index is -0.579. The highest BCUT2D eigenvalue weighted by atomic mass is 32.2. The van der Waals surface area contributed by atoms with Crippen molar-refractivity contribution in [2.75, 3.05) is 12.9 Å². The number of aromatic amines is 1. The Morgan fingerprint density at radius 2 is 2.15 bits per heavy atom. The number of H-pyrrole nitrogens is 1. The van der Waals surface area contributed by atoms with E-state index in [1.54, 1.807) is 6.92 Å². The number of ether oxygens (including phenoxy) is 1. The standard InChI is InChI=1S/C18H25N3O4S/c1-9(13-7-11-4-5-12(13)6-11)19-14(22)8-26-16-15(17(23)25-3)10(2)20-18(24)21-16/h9,11-13H,4-8H2,1-3H3,(H,19,22)(H,20,21,24)/t9-,11-,12-,13+/m0/s1. The number of amides is 1. The lowest BCUT2D eigenvalue weighted by molar-refractivity contribution is -0.119. The van der Waals surface area contributed by atoms with E-state index in [1.165, 1.54) is 32.8 Å². The Hall–Kier alpha value is -1.83. The van der Waals surface area contributed by atoms with Crippen LogP contribution in [0.4, 0.5) is 0 Å². The summed E-state index contributed by atoms with van der Waals surface area (Å²) in [7, 11) is 1.27. The molecule has 0 aliphatic heterocycles. The van der Waals surface area contributed by atoms with Gasteiger partial charge in [-0.2, -0.15) is 4.98 Å². The zero-order chi connectivity index (χ0) is 18.8. The van der Waals surface area contributed by atoms with Crippen molar-refractivity contribution in [2.45, 2.75) is 50.6 Å². The Kier molecular flexibility index (Phi) is 5.70. The van der Waals surface area contributed by atoms with Gasteiger partial charge in [-0.15, -0.1) is 0 Å². The smallest absolute Gasteiger partial charge is 0.346 e. The average Bonchev–Trinajstić information content (AvgIpc) is 3.22. The molecule has 1 heterocycles. The number of hydrogen-bond acceptors (Lipinski definition) is 6. The van der Waals surface area contributed by atoms with Gasteiger partial charge in [0.05, 0.1) is 12.9 Å². The molecule has 0 saturated heterocycles. The first-order valence-corrected chi connectivity index (χ1v) is 9.99. The third-order valence-corrected chi connectivity index (χ3v) is 6.61. The lowest BCUT2D eigenvalue weighted by Crippen LogP contribution is -2.41. The lowest BCUT2D eigenvalue weighted by Gasteiger charge is -2.28. The third kappa shape index (κ3) is 3.95. The molecule has 2 bridgehead atoms. The van der Waals surface area contributed by atoms with Gasteiger partial charge in [0.2, 0.25) is 5.91 Å². The molecule has 2 fully saturated rings. The highest BCUT2D eigenvalue weighted by Crippen LogP contribution is 2.49. The van der Waals surface area contributed by atoms with Gasteiger partial charge < -0.3 is 15.0 Å². The van der Waals surface area contributed by atoms with Crippen molar-refractivity contribution >= 4 is 23.6 Å². The number of thioether (sulfide) groups is 1. The van der Waals surface area contributed by atoms with E-state index >= 15 is 0 Å². The number of hydrogen-bond donors (Lipinski definition) is 2. The second-order valence-electron chi connectivity index (χ2n) is 7.32. The van der Waals surface area contributed by atoms with E-state index in [1.807, 2.05) is 0 Å². The van der Waals surface area contributed by atoms with Crippen molar-refractivity contribution in [3.8, 4) is 0 Å². The molecule has 0 radical (unpaired) electrons. The van der Waals surface area contributed by atoms with E-state index in [0.717, 1.165) is 23.6 Å². The fourth-order valence-corrected chi connectivity index (χ4v) is 5.33. The molecule has 2 N–H and O–H groups in total. The summed E-state index contributed by atoms with van der Waals surface area (Å²) in [5.74, 6) is 1.56. The van der Waals surface area contributed by atoms with Crippen molar-refractivity contribution in [2.24, 2.45) is 17.8 Å². The quantitative estimate of drug-likeness (QED) is 0.445. The molecule has 2 aliphatic carbocycles.